The fraction of sp³-hybridized carbons (Fsp3) is 0. The molecule has 0 saturated heterocycles. The summed E-state index contributed by atoms with van der Waals surface area (Å²) in [5.41, 5.74) is 3.43. The highest BCUT2D eigenvalue weighted by Gasteiger charge is 2.17. The number of nitrogens with one attached hydrogen (secondary N) is 1. The van der Waals surface area contributed by atoms with Crippen LogP contribution in [-0.2, 0) is 0 Å². The van der Waals surface area contributed by atoms with Crippen LogP contribution in [0.25, 0.3) is 21.8 Å². The summed E-state index contributed by atoms with van der Waals surface area (Å²) < 4.78 is 0. The number of hydrogen-bond donors (Lipinski definition) is 1. The molecule has 0 atom stereocenters. The van der Waals surface area contributed by atoms with Crippen molar-refractivity contribution in [3.8, 4) is 21.8 Å². The number of thiazole rings is 1. The highest BCUT2D eigenvalue weighted by Crippen LogP contribution is 2.38. The summed E-state index contributed by atoms with van der Waals surface area (Å²) in [5, 5.41) is 4.67. The monoisotopic (exact) mass is 356 g/mol. The lowest BCUT2D eigenvalue weighted by Crippen LogP contribution is -2.11. The van der Waals surface area contributed by atoms with Crippen LogP contribution in [0.5, 0.6) is 0 Å². The van der Waals surface area contributed by atoms with Crippen LogP contribution >= 0.6 is 11.3 Å². The van der Waals surface area contributed by atoms with Gasteiger partial charge >= 0.3 is 0 Å². The minimum atomic E-state index is -0.133. The van der Waals surface area contributed by atoms with Crippen molar-refractivity contribution in [3.05, 3.63) is 96.6 Å². The Hall–Kier alpha value is -3.24. The number of rotatable bonds is 4. The number of amides is 1. The van der Waals surface area contributed by atoms with E-state index in [4.69, 9.17) is 4.98 Å². The Balaban J connectivity index is 1.75. The first kappa shape index (κ1) is 16.2. The number of nitrogens with zero attached hydrogens (tertiary/aromatic N) is 1. The van der Waals surface area contributed by atoms with Crippen molar-refractivity contribution in [3.63, 3.8) is 0 Å². The van der Waals surface area contributed by atoms with E-state index in [1.54, 1.807) is 12.1 Å². The third-order valence-electron chi connectivity index (χ3n) is 3.96. The summed E-state index contributed by atoms with van der Waals surface area (Å²) in [6, 6.07) is 29.1. The third-order valence-corrected chi connectivity index (χ3v) is 4.98. The van der Waals surface area contributed by atoms with E-state index in [1.165, 1.54) is 11.3 Å². The molecule has 1 amide bonds. The lowest BCUT2D eigenvalue weighted by Gasteiger charge is -2.05. The molecule has 0 spiro atoms. The van der Waals surface area contributed by atoms with E-state index in [-0.39, 0.29) is 5.91 Å². The number of hydrogen-bond acceptors (Lipinski definition) is 3. The van der Waals surface area contributed by atoms with Crippen molar-refractivity contribution < 1.29 is 4.79 Å². The van der Waals surface area contributed by atoms with Gasteiger partial charge in [0.15, 0.2) is 0 Å². The zero-order valence-corrected chi connectivity index (χ0v) is 14.7. The van der Waals surface area contributed by atoms with E-state index in [9.17, 15) is 4.79 Å². The van der Waals surface area contributed by atoms with Gasteiger partial charge in [-0.3, -0.25) is 4.79 Å². The van der Waals surface area contributed by atoms with Gasteiger partial charge in [0, 0.05) is 16.7 Å². The molecule has 0 fully saturated rings. The summed E-state index contributed by atoms with van der Waals surface area (Å²) in [4.78, 5) is 17.4. The van der Waals surface area contributed by atoms with Crippen LogP contribution < -0.4 is 5.32 Å². The molecule has 4 rings (SSSR count). The number of carbonyl (C=O) groups excluding carboxylic acids is 1. The number of benzene rings is 3. The predicted octanol–water partition coefficient (Wildman–Crippen LogP) is 5.73. The molecule has 0 aliphatic rings. The van der Waals surface area contributed by atoms with Crippen LogP contribution in [0.1, 0.15) is 10.4 Å². The van der Waals surface area contributed by atoms with Gasteiger partial charge in [0.25, 0.3) is 5.91 Å². The average Bonchev–Trinajstić information content (AvgIpc) is 3.14. The molecular formula is C22H16N2OS. The quantitative estimate of drug-likeness (QED) is 0.507. The van der Waals surface area contributed by atoms with Gasteiger partial charge in [0.2, 0.25) is 0 Å². The Morgan fingerprint density at radius 1 is 0.731 bits per heavy atom. The molecule has 4 heteroatoms. The van der Waals surface area contributed by atoms with Crippen LogP contribution in [0, 0.1) is 0 Å². The highest BCUT2D eigenvalue weighted by molar-refractivity contribution is 7.19. The van der Waals surface area contributed by atoms with Crippen LogP contribution in [0.3, 0.4) is 0 Å². The van der Waals surface area contributed by atoms with Crippen molar-refractivity contribution in [1.82, 2.24) is 4.98 Å². The summed E-state index contributed by atoms with van der Waals surface area (Å²) in [7, 11) is 0. The first-order chi connectivity index (χ1) is 12.8. The van der Waals surface area contributed by atoms with Crippen molar-refractivity contribution in [1.29, 1.82) is 0 Å². The summed E-state index contributed by atoms with van der Waals surface area (Å²) in [5.74, 6) is -0.133. The first-order valence-corrected chi connectivity index (χ1v) is 9.11. The molecular weight excluding hydrogens is 340 g/mol. The SMILES string of the molecule is O=C(Nc1sc(-c2ccccc2)nc1-c1ccccc1)c1ccccc1. The van der Waals surface area contributed by atoms with Crippen molar-refractivity contribution in [2.45, 2.75) is 0 Å². The molecule has 0 bridgehead atoms. The highest BCUT2D eigenvalue weighted by atomic mass is 32.1. The van der Waals surface area contributed by atoms with Gasteiger partial charge in [-0.1, -0.05) is 90.2 Å². The Labute approximate surface area is 156 Å². The second-order valence-corrected chi connectivity index (χ2v) is 6.75. The second-order valence-electron chi connectivity index (χ2n) is 5.75. The van der Waals surface area contributed by atoms with Crippen LogP contribution in [-0.4, -0.2) is 10.9 Å². The lowest BCUT2D eigenvalue weighted by atomic mass is 10.1. The summed E-state index contributed by atoms with van der Waals surface area (Å²) in [6.45, 7) is 0. The van der Waals surface area contributed by atoms with Crippen LogP contribution in [0.2, 0.25) is 0 Å². The summed E-state index contributed by atoms with van der Waals surface area (Å²) in [6.07, 6.45) is 0. The number of carbonyl (C=O) groups is 1. The minimum absolute atomic E-state index is 0.133. The smallest absolute Gasteiger partial charge is 0.256 e. The zero-order chi connectivity index (χ0) is 17.8. The molecule has 4 aromatic rings. The van der Waals surface area contributed by atoms with E-state index < -0.39 is 0 Å². The standard InChI is InChI=1S/C22H16N2OS/c25-20(17-12-6-2-7-13-17)24-22-19(16-10-4-1-5-11-16)23-21(26-22)18-14-8-3-9-15-18/h1-15H,(H,24,25). The Kier molecular flexibility index (Phi) is 4.58. The fourth-order valence-corrected chi connectivity index (χ4v) is 3.65. The van der Waals surface area contributed by atoms with Crippen LogP contribution in [0.4, 0.5) is 5.00 Å². The first-order valence-electron chi connectivity index (χ1n) is 8.29. The normalized spacial score (nSPS) is 10.5. The van der Waals surface area contributed by atoms with Gasteiger partial charge in [-0.2, -0.15) is 0 Å². The van der Waals surface area contributed by atoms with Gasteiger partial charge in [-0.15, -0.1) is 0 Å². The Bertz CT molecular complexity index is 1010. The molecule has 1 N–H and O–H groups in total. The molecule has 0 aliphatic carbocycles. The van der Waals surface area contributed by atoms with Gasteiger partial charge in [-0.05, 0) is 12.1 Å². The molecule has 26 heavy (non-hydrogen) atoms. The second kappa shape index (κ2) is 7.33. The Morgan fingerprint density at radius 2 is 1.27 bits per heavy atom. The van der Waals surface area contributed by atoms with E-state index in [0.29, 0.717) is 5.56 Å². The number of anilines is 1. The Morgan fingerprint density at radius 3 is 1.88 bits per heavy atom. The lowest BCUT2D eigenvalue weighted by molar-refractivity contribution is 0.102. The molecule has 1 heterocycles. The van der Waals surface area contributed by atoms with E-state index in [1.807, 2.05) is 78.9 Å². The van der Waals surface area contributed by atoms with E-state index >= 15 is 0 Å². The topological polar surface area (TPSA) is 42.0 Å². The molecule has 0 radical (unpaired) electrons. The van der Waals surface area contributed by atoms with Crippen molar-refractivity contribution >= 4 is 22.2 Å². The molecule has 126 valence electrons. The maximum atomic E-state index is 12.6. The van der Waals surface area contributed by atoms with Gasteiger partial charge < -0.3 is 5.32 Å². The molecule has 0 unspecified atom stereocenters. The molecule has 3 aromatic carbocycles. The average molecular weight is 356 g/mol. The molecule has 3 nitrogen and oxygen atoms in total. The third kappa shape index (κ3) is 3.41. The minimum Gasteiger partial charge on any atom is -0.312 e. The van der Waals surface area contributed by atoms with Gasteiger partial charge in [0.05, 0.1) is 0 Å². The predicted molar refractivity (Wildman–Crippen MR) is 107 cm³/mol. The van der Waals surface area contributed by atoms with Crippen molar-refractivity contribution in [2.24, 2.45) is 0 Å². The van der Waals surface area contributed by atoms with Gasteiger partial charge in [0.1, 0.15) is 15.7 Å². The van der Waals surface area contributed by atoms with E-state index in [0.717, 1.165) is 26.8 Å². The largest absolute Gasteiger partial charge is 0.312 e. The zero-order valence-electron chi connectivity index (χ0n) is 13.9. The molecule has 1 aromatic heterocycles. The maximum absolute atomic E-state index is 12.6. The van der Waals surface area contributed by atoms with Crippen molar-refractivity contribution in [2.75, 3.05) is 5.32 Å². The van der Waals surface area contributed by atoms with E-state index in [2.05, 4.69) is 5.32 Å². The molecule has 0 aliphatic heterocycles. The summed E-state index contributed by atoms with van der Waals surface area (Å²) >= 11 is 1.49. The van der Waals surface area contributed by atoms with Crippen LogP contribution in [0.15, 0.2) is 91.0 Å². The number of aromatic nitrogens is 1. The molecule has 0 saturated carbocycles. The maximum Gasteiger partial charge on any atom is 0.256 e. The fourth-order valence-electron chi connectivity index (χ4n) is 2.67. The van der Waals surface area contributed by atoms with Gasteiger partial charge in [-0.25, -0.2) is 4.98 Å².